The summed E-state index contributed by atoms with van der Waals surface area (Å²) in [5.74, 6) is 2.50. The number of rotatable bonds is 7. The van der Waals surface area contributed by atoms with Gasteiger partial charge >= 0.3 is 0 Å². The Kier molecular flexibility index (Phi) is 7.20. The molecule has 2 rings (SSSR count). The van der Waals surface area contributed by atoms with Crippen molar-refractivity contribution in [3.63, 3.8) is 0 Å². The molecule has 1 atom stereocenters. The Labute approximate surface area is 139 Å². The predicted molar refractivity (Wildman–Crippen MR) is 94.0 cm³/mol. The molecule has 5 heteroatoms. The van der Waals surface area contributed by atoms with Crippen LogP contribution in [0.2, 0.25) is 0 Å². The van der Waals surface area contributed by atoms with E-state index in [9.17, 15) is 0 Å². The summed E-state index contributed by atoms with van der Waals surface area (Å²) in [7, 11) is 3.61. The first-order valence-electron chi connectivity index (χ1n) is 8.43. The summed E-state index contributed by atoms with van der Waals surface area (Å²) < 4.78 is 10.9. The van der Waals surface area contributed by atoms with Crippen LogP contribution in [0, 0.1) is 5.92 Å². The smallest absolute Gasteiger partial charge is 0.193 e. The van der Waals surface area contributed by atoms with Crippen molar-refractivity contribution in [3.8, 4) is 5.75 Å². The Balaban J connectivity index is 1.86. The fourth-order valence-corrected chi connectivity index (χ4v) is 2.88. The molecule has 1 fully saturated rings. The van der Waals surface area contributed by atoms with E-state index in [0.717, 1.165) is 57.4 Å². The number of benzene rings is 1. The van der Waals surface area contributed by atoms with Crippen molar-refractivity contribution < 1.29 is 9.47 Å². The van der Waals surface area contributed by atoms with Gasteiger partial charge in [0, 0.05) is 39.7 Å². The van der Waals surface area contributed by atoms with Gasteiger partial charge in [0.1, 0.15) is 5.75 Å². The molecule has 1 aromatic rings. The lowest BCUT2D eigenvalue weighted by Crippen LogP contribution is -2.39. The van der Waals surface area contributed by atoms with Gasteiger partial charge in [0.25, 0.3) is 0 Å². The SMILES string of the molecule is CCCOc1cccc(CNC(=NC)N2CCC(COC)C2)c1. The van der Waals surface area contributed by atoms with Gasteiger partial charge < -0.3 is 19.7 Å². The van der Waals surface area contributed by atoms with Crippen LogP contribution in [-0.4, -0.2) is 51.3 Å². The van der Waals surface area contributed by atoms with Gasteiger partial charge in [-0.3, -0.25) is 4.99 Å². The molecule has 1 N–H and O–H groups in total. The minimum Gasteiger partial charge on any atom is -0.494 e. The summed E-state index contributed by atoms with van der Waals surface area (Å²) in [6, 6.07) is 8.24. The van der Waals surface area contributed by atoms with Gasteiger partial charge in [-0.2, -0.15) is 0 Å². The predicted octanol–water partition coefficient (Wildman–Crippen LogP) is 2.52. The summed E-state index contributed by atoms with van der Waals surface area (Å²) in [6.07, 6.45) is 2.18. The van der Waals surface area contributed by atoms with E-state index in [-0.39, 0.29) is 0 Å². The lowest BCUT2D eigenvalue weighted by Gasteiger charge is -2.21. The normalized spacial score (nSPS) is 18.3. The van der Waals surface area contributed by atoms with Crippen LogP contribution in [0.5, 0.6) is 5.75 Å². The highest BCUT2D eigenvalue weighted by Crippen LogP contribution is 2.17. The summed E-state index contributed by atoms with van der Waals surface area (Å²) in [5.41, 5.74) is 1.20. The minimum atomic E-state index is 0.601. The molecule has 5 nitrogen and oxygen atoms in total. The summed E-state index contributed by atoms with van der Waals surface area (Å²) in [4.78, 5) is 6.72. The number of ether oxygens (including phenoxy) is 2. The molecule has 0 bridgehead atoms. The van der Waals surface area contributed by atoms with Crippen LogP contribution in [-0.2, 0) is 11.3 Å². The number of likely N-dealkylation sites (tertiary alicyclic amines) is 1. The topological polar surface area (TPSA) is 46.1 Å². The molecule has 1 saturated heterocycles. The van der Waals surface area contributed by atoms with E-state index >= 15 is 0 Å². The van der Waals surface area contributed by atoms with E-state index in [0.29, 0.717) is 5.92 Å². The van der Waals surface area contributed by atoms with Crippen molar-refractivity contribution in [2.75, 3.05) is 40.5 Å². The highest BCUT2D eigenvalue weighted by atomic mass is 16.5. The van der Waals surface area contributed by atoms with Crippen LogP contribution in [0.4, 0.5) is 0 Å². The molecule has 0 saturated carbocycles. The van der Waals surface area contributed by atoms with E-state index in [2.05, 4.69) is 34.3 Å². The van der Waals surface area contributed by atoms with Gasteiger partial charge in [0.15, 0.2) is 5.96 Å². The second-order valence-electron chi connectivity index (χ2n) is 5.95. The van der Waals surface area contributed by atoms with E-state index in [4.69, 9.17) is 9.47 Å². The van der Waals surface area contributed by atoms with E-state index in [1.165, 1.54) is 5.56 Å². The highest BCUT2D eigenvalue weighted by molar-refractivity contribution is 5.80. The highest BCUT2D eigenvalue weighted by Gasteiger charge is 2.24. The van der Waals surface area contributed by atoms with Crippen LogP contribution in [0.1, 0.15) is 25.3 Å². The molecule has 0 amide bonds. The lowest BCUT2D eigenvalue weighted by molar-refractivity contribution is 0.157. The molecule has 128 valence electrons. The number of guanidine groups is 1. The lowest BCUT2D eigenvalue weighted by atomic mass is 10.1. The summed E-state index contributed by atoms with van der Waals surface area (Å²) >= 11 is 0. The number of hydrogen-bond donors (Lipinski definition) is 1. The number of aliphatic imine (C=N–C) groups is 1. The van der Waals surface area contributed by atoms with Crippen molar-refractivity contribution in [2.24, 2.45) is 10.9 Å². The molecular formula is C18H29N3O2. The van der Waals surface area contributed by atoms with Crippen molar-refractivity contribution in [1.82, 2.24) is 10.2 Å². The van der Waals surface area contributed by atoms with Crippen LogP contribution in [0.25, 0.3) is 0 Å². The molecule has 0 aliphatic carbocycles. The first-order chi connectivity index (χ1) is 11.3. The van der Waals surface area contributed by atoms with Gasteiger partial charge in [-0.05, 0) is 30.5 Å². The van der Waals surface area contributed by atoms with Crippen LogP contribution in [0.3, 0.4) is 0 Å². The molecule has 0 spiro atoms. The van der Waals surface area contributed by atoms with E-state index in [1.807, 2.05) is 19.2 Å². The maximum absolute atomic E-state index is 5.69. The minimum absolute atomic E-state index is 0.601. The van der Waals surface area contributed by atoms with Crippen molar-refractivity contribution >= 4 is 5.96 Å². The fourth-order valence-electron chi connectivity index (χ4n) is 2.88. The largest absolute Gasteiger partial charge is 0.494 e. The maximum atomic E-state index is 5.69. The van der Waals surface area contributed by atoms with Gasteiger partial charge in [-0.25, -0.2) is 0 Å². The standard InChI is InChI=1S/C18H29N3O2/c1-4-10-23-17-7-5-6-15(11-17)12-20-18(19-2)21-9-8-16(13-21)14-22-3/h5-7,11,16H,4,8-10,12-14H2,1-3H3,(H,19,20). The molecule has 1 unspecified atom stereocenters. The zero-order valence-electron chi connectivity index (χ0n) is 14.5. The maximum Gasteiger partial charge on any atom is 0.193 e. The van der Waals surface area contributed by atoms with Gasteiger partial charge in [0.2, 0.25) is 0 Å². The molecule has 1 aliphatic rings. The number of nitrogens with zero attached hydrogens (tertiary/aromatic N) is 2. The first kappa shape index (κ1) is 17.6. The van der Waals surface area contributed by atoms with Crippen LogP contribution >= 0.6 is 0 Å². The quantitative estimate of drug-likeness (QED) is 0.620. The van der Waals surface area contributed by atoms with Crippen molar-refractivity contribution in [2.45, 2.75) is 26.3 Å². The van der Waals surface area contributed by atoms with Crippen molar-refractivity contribution in [3.05, 3.63) is 29.8 Å². The average molecular weight is 319 g/mol. The average Bonchev–Trinajstić information content (AvgIpc) is 3.03. The second-order valence-corrected chi connectivity index (χ2v) is 5.95. The molecule has 0 aromatic heterocycles. The van der Waals surface area contributed by atoms with E-state index in [1.54, 1.807) is 7.11 Å². The molecule has 1 heterocycles. The Morgan fingerprint density at radius 2 is 2.30 bits per heavy atom. The van der Waals surface area contributed by atoms with Gasteiger partial charge in [-0.15, -0.1) is 0 Å². The van der Waals surface area contributed by atoms with Crippen molar-refractivity contribution in [1.29, 1.82) is 0 Å². The Hall–Kier alpha value is -1.75. The van der Waals surface area contributed by atoms with Gasteiger partial charge in [0.05, 0.1) is 13.2 Å². The Morgan fingerprint density at radius 3 is 3.04 bits per heavy atom. The van der Waals surface area contributed by atoms with E-state index < -0.39 is 0 Å². The summed E-state index contributed by atoms with van der Waals surface area (Å²) in [6.45, 7) is 6.49. The number of nitrogens with one attached hydrogen (secondary N) is 1. The van der Waals surface area contributed by atoms with Crippen LogP contribution in [0.15, 0.2) is 29.3 Å². The monoisotopic (exact) mass is 319 g/mol. The van der Waals surface area contributed by atoms with Crippen LogP contribution < -0.4 is 10.1 Å². The second kappa shape index (κ2) is 9.40. The number of hydrogen-bond acceptors (Lipinski definition) is 3. The number of methoxy groups -OCH3 is 1. The summed E-state index contributed by atoms with van der Waals surface area (Å²) in [5, 5.41) is 3.45. The molecular weight excluding hydrogens is 290 g/mol. The molecule has 23 heavy (non-hydrogen) atoms. The molecule has 0 radical (unpaired) electrons. The fraction of sp³-hybridized carbons (Fsp3) is 0.611. The zero-order valence-corrected chi connectivity index (χ0v) is 14.5. The Morgan fingerprint density at radius 1 is 1.43 bits per heavy atom. The third-order valence-corrected chi connectivity index (χ3v) is 4.02. The first-order valence-corrected chi connectivity index (χ1v) is 8.43. The zero-order chi connectivity index (χ0) is 16.5. The third-order valence-electron chi connectivity index (χ3n) is 4.02. The third kappa shape index (κ3) is 5.43. The molecule has 1 aliphatic heterocycles. The Bertz CT molecular complexity index is 505. The van der Waals surface area contributed by atoms with Gasteiger partial charge in [-0.1, -0.05) is 19.1 Å². The molecule has 1 aromatic carbocycles.